The van der Waals surface area contributed by atoms with Gasteiger partial charge in [-0.3, -0.25) is 17.5 Å². The van der Waals surface area contributed by atoms with Crippen LogP contribution in [0.25, 0.3) is 10.4 Å². The number of aryl methyl sites for hydroxylation is 1. The van der Waals surface area contributed by atoms with Crippen LogP contribution < -0.4 is 5.32 Å². The molecule has 0 spiro atoms. The Morgan fingerprint density at radius 3 is 2.60 bits per heavy atom. The lowest BCUT2D eigenvalue weighted by Crippen LogP contribution is -2.53. The fourth-order valence-corrected chi connectivity index (χ4v) is 6.21. The molecule has 1 aromatic heterocycles. The van der Waals surface area contributed by atoms with E-state index in [1.165, 1.54) is 3.11 Å². The SMILES string of the molecule is Cc1ncsc1-c1ccc(CNC(=O)[C@@H]2CCCN2C(=O)[C@H](CS)N(I)C(=O)CCC(C)C)cc1. The van der Waals surface area contributed by atoms with Crippen LogP contribution in [0.5, 0.6) is 0 Å². The van der Waals surface area contributed by atoms with Gasteiger partial charge < -0.3 is 10.2 Å². The molecule has 1 aliphatic heterocycles. The second kappa shape index (κ2) is 13.0. The summed E-state index contributed by atoms with van der Waals surface area (Å²) in [4.78, 5) is 46.0. The Bertz CT molecular complexity index is 1030. The van der Waals surface area contributed by atoms with Crippen LogP contribution in [0.4, 0.5) is 0 Å². The van der Waals surface area contributed by atoms with Gasteiger partial charge in [0.05, 0.1) is 38.9 Å². The first kappa shape index (κ1) is 27.9. The van der Waals surface area contributed by atoms with Crippen molar-refractivity contribution in [2.24, 2.45) is 5.92 Å². The molecule has 2 heterocycles. The van der Waals surface area contributed by atoms with E-state index in [4.69, 9.17) is 0 Å². The van der Waals surface area contributed by atoms with Crippen molar-refractivity contribution in [1.29, 1.82) is 0 Å². The van der Waals surface area contributed by atoms with Crippen LogP contribution in [0.2, 0.25) is 0 Å². The number of carbonyl (C=O) groups excluding carboxylic acids is 3. The van der Waals surface area contributed by atoms with E-state index in [0.29, 0.717) is 31.8 Å². The third kappa shape index (κ3) is 7.19. The van der Waals surface area contributed by atoms with E-state index in [-0.39, 0.29) is 23.5 Å². The van der Waals surface area contributed by atoms with Gasteiger partial charge in [0, 0.05) is 25.3 Å². The van der Waals surface area contributed by atoms with Gasteiger partial charge in [0.1, 0.15) is 12.1 Å². The second-order valence-electron chi connectivity index (χ2n) is 9.21. The van der Waals surface area contributed by atoms with Crippen LogP contribution in [-0.2, 0) is 20.9 Å². The average Bonchev–Trinajstić information content (AvgIpc) is 3.51. The Morgan fingerprint density at radius 2 is 2.00 bits per heavy atom. The maximum absolute atomic E-state index is 13.3. The van der Waals surface area contributed by atoms with Crippen LogP contribution in [0.1, 0.15) is 50.8 Å². The molecule has 3 rings (SSSR count). The predicted molar refractivity (Wildman–Crippen MR) is 151 cm³/mol. The minimum absolute atomic E-state index is 0.0798. The Morgan fingerprint density at radius 1 is 1.29 bits per heavy atom. The zero-order valence-corrected chi connectivity index (χ0v) is 24.2. The van der Waals surface area contributed by atoms with E-state index in [1.54, 1.807) is 16.2 Å². The fraction of sp³-hybridized carbons (Fsp3) is 0.520. The number of rotatable bonds is 10. The van der Waals surface area contributed by atoms with Gasteiger partial charge in [0.25, 0.3) is 0 Å². The van der Waals surface area contributed by atoms with Crippen molar-refractivity contribution >= 4 is 64.6 Å². The largest absolute Gasteiger partial charge is 0.350 e. The minimum atomic E-state index is -0.685. The number of aromatic nitrogens is 1. The number of hydrogen-bond acceptors (Lipinski definition) is 6. The molecule has 1 saturated heterocycles. The number of likely N-dealkylation sites (tertiary alicyclic amines) is 1. The van der Waals surface area contributed by atoms with Crippen LogP contribution in [0, 0.1) is 12.8 Å². The Labute approximate surface area is 231 Å². The number of carbonyl (C=O) groups is 3. The summed E-state index contributed by atoms with van der Waals surface area (Å²) in [5.41, 5.74) is 4.94. The summed E-state index contributed by atoms with van der Waals surface area (Å²) in [6, 6.07) is 6.86. The summed E-state index contributed by atoms with van der Waals surface area (Å²) in [7, 11) is 0. The molecule has 1 N–H and O–H groups in total. The number of amides is 3. The zero-order valence-electron chi connectivity index (χ0n) is 20.4. The molecule has 10 heteroatoms. The van der Waals surface area contributed by atoms with Crippen molar-refractivity contribution in [3.05, 3.63) is 41.0 Å². The minimum Gasteiger partial charge on any atom is -0.350 e. The summed E-state index contributed by atoms with van der Waals surface area (Å²) < 4.78 is 1.47. The van der Waals surface area contributed by atoms with Crippen molar-refractivity contribution in [2.75, 3.05) is 12.3 Å². The van der Waals surface area contributed by atoms with Gasteiger partial charge >= 0.3 is 0 Å². The van der Waals surface area contributed by atoms with Crippen LogP contribution >= 0.6 is 46.8 Å². The molecule has 0 unspecified atom stereocenters. The van der Waals surface area contributed by atoms with Gasteiger partial charge in [-0.2, -0.15) is 12.6 Å². The van der Waals surface area contributed by atoms with Crippen molar-refractivity contribution in [1.82, 2.24) is 18.3 Å². The Kier molecular flexibility index (Phi) is 10.4. The number of thiol groups is 1. The molecule has 0 aliphatic carbocycles. The number of halogens is 1. The van der Waals surface area contributed by atoms with E-state index in [1.807, 2.05) is 59.6 Å². The van der Waals surface area contributed by atoms with E-state index in [0.717, 1.165) is 34.5 Å². The van der Waals surface area contributed by atoms with Crippen LogP contribution in [0.15, 0.2) is 29.8 Å². The molecule has 0 radical (unpaired) electrons. The van der Waals surface area contributed by atoms with Gasteiger partial charge in [0.15, 0.2) is 0 Å². The zero-order chi connectivity index (χ0) is 25.5. The van der Waals surface area contributed by atoms with Crippen molar-refractivity contribution in [3.63, 3.8) is 0 Å². The van der Waals surface area contributed by atoms with Gasteiger partial charge in [0.2, 0.25) is 17.7 Å². The lowest BCUT2D eigenvalue weighted by Gasteiger charge is -2.31. The summed E-state index contributed by atoms with van der Waals surface area (Å²) in [5, 5.41) is 2.99. The highest BCUT2D eigenvalue weighted by molar-refractivity contribution is 14.1. The number of nitrogens with zero attached hydrogens (tertiary/aromatic N) is 3. The first-order valence-electron chi connectivity index (χ1n) is 11.9. The second-order valence-corrected chi connectivity index (χ2v) is 11.5. The molecule has 0 bridgehead atoms. The molecule has 2 atom stereocenters. The van der Waals surface area contributed by atoms with E-state index in [9.17, 15) is 14.4 Å². The molecule has 7 nitrogen and oxygen atoms in total. The topological polar surface area (TPSA) is 82.6 Å². The van der Waals surface area contributed by atoms with Gasteiger partial charge in [-0.1, -0.05) is 38.1 Å². The highest BCUT2D eigenvalue weighted by Crippen LogP contribution is 2.27. The van der Waals surface area contributed by atoms with E-state index >= 15 is 0 Å². The smallest absolute Gasteiger partial charge is 0.247 e. The first-order chi connectivity index (χ1) is 16.7. The molecule has 190 valence electrons. The fourth-order valence-electron chi connectivity index (χ4n) is 4.09. The number of thiazole rings is 1. The Hall–Kier alpha value is -1.66. The third-order valence-corrected chi connectivity index (χ3v) is 8.71. The highest BCUT2D eigenvalue weighted by atomic mass is 127. The molecule has 3 amide bonds. The normalized spacial score (nSPS) is 16.4. The molecule has 2 aromatic rings. The van der Waals surface area contributed by atoms with Crippen molar-refractivity contribution < 1.29 is 14.4 Å². The van der Waals surface area contributed by atoms with Gasteiger partial charge in [-0.25, -0.2) is 4.98 Å². The van der Waals surface area contributed by atoms with Crippen LogP contribution in [-0.4, -0.2) is 55.1 Å². The number of benzene rings is 1. The Balaban J connectivity index is 1.59. The quantitative estimate of drug-likeness (QED) is 0.228. The number of hydrogen-bond donors (Lipinski definition) is 2. The highest BCUT2D eigenvalue weighted by Gasteiger charge is 2.39. The van der Waals surface area contributed by atoms with E-state index < -0.39 is 12.1 Å². The molecular weight excluding hydrogens is 595 g/mol. The molecule has 0 saturated carbocycles. The first-order valence-corrected chi connectivity index (χ1v) is 14.4. The monoisotopic (exact) mass is 628 g/mol. The molecular formula is C25H33IN4O3S2. The molecule has 1 aliphatic rings. The lowest BCUT2D eigenvalue weighted by molar-refractivity contribution is -0.143. The predicted octanol–water partition coefficient (Wildman–Crippen LogP) is 4.64. The van der Waals surface area contributed by atoms with E-state index in [2.05, 4.69) is 36.8 Å². The van der Waals surface area contributed by atoms with Gasteiger partial charge in [-0.15, -0.1) is 11.3 Å². The van der Waals surface area contributed by atoms with Crippen molar-refractivity contribution in [2.45, 2.75) is 65.1 Å². The summed E-state index contributed by atoms with van der Waals surface area (Å²) in [6.07, 6.45) is 2.53. The number of nitrogens with one attached hydrogen (secondary N) is 1. The summed E-state index contributed by atoms with van der Waals surface area (Å²) in [6.45, 7) is 7.02. The maximum Gasteiger partial charge on any atom is 0.247 e. The molecule has 1 aromatic carbocycles. The lowest BCUT2D eigenvalue weighted by atomic mass is 10.1. The molecule has 35 heavy (non-hydrogen) atoms. The average molecular weight is 629 g/mol. The van der Waals surface area contributed by atoms with Crippen LogP contribution in [0.3, 0.4) is 0 Å². The van der Waals surface area contributed by atoms with Gasteiger partial charge in [-0.05, 0) is 43.2 Å². The third-order valence-electron chi connectivity index (χ3n) is 6.17. The summed E-state index contributed by atoms with van der Waals surface area (Å²) >= 11 is 7.88. The molecule has 1 fully saturated rings. The standard InChI is InChI=1S/C25H33IN4O3S2/c1-16(2)6-11-22(31)30(26)21(14-34)25(33)29-12-4-5-20(29)24(32)27-13-18-7-9-19(10-8-18)23-17(3)28-15-35-23/h7-10,15-16,20-21,34H,4-6,11-14H2,1-3H3,(H,27,32)/t20-,21-/m0/s1. The maximum atomic E-state index is 13.3. The van der Waals surface area contributed by atoms with Crippen molar-refractivity contribution in [3.8, 4) is 10.4 Å². The summed E-state index contributed by atoms with van der Waals surface area (Å²) in [5.74, 6) is 0.167.